The molecule has 11 nitrogen and oxygen atoms in total. The van der Waals surface area contributed by atoms with Gasteiger partial charge in [-0.3, -0.25) is 10.1 Å². The van der Waals surface area contributed by atoms with E-state index < -0.39 is 11.1 Å². The number of likely N-dealkylation sites (N-methyl/N-ethyl adjacent to an activating group) is 1. The van der Waals surface area contributed by atoms with Crippen LogP contribution in [0.4, 0.5) is 10.5 Å². The quantitative estimate of drug-likeness (QED) is 0.160. The summed E-state index contributed by atoms with van der Waals surface area (Å²) in [5.41, 5.74) is 8.38. The van der Waals surface area contributed by atoms with E-state index in [0.717, 1.165) is 43.5 Å². The molecule has 2 saturated carbocycles. The number of nitrogens with zero attached hydrogens (tertiary/aromatic N) is 3. The molecule has 2 aliphatic rings. The summed E-state index contributed by atoms with van der Waals surface area (Å²) in [6, 6.07) is 8.80. The number of aromatic nitrogens is 1. The Morgan fingerprint density at radius 2 is 1.78 bits per heavy atom. The predicted octanol–water partition coefficient (Wildman–Crippen LogP) is 4.62. The molecule has 37 heavy (non-hydrogen) atoms. The second kappa shape index (κ2) is 11.9. The third kappa shape index (κ3) is 6.67. The first-order valence-corrected chi connectivity index (χ1v) is 12.6. The Labute approximate surface area is 215 Å². The predicted molar refractivity (Wildman–Crippen MR) is 136 cm³/mol. The summed E-state index contributed by atoms with van der Waals surface area (Å²) in [7, 11) is 1.58. The Hall–Kier alpha value is -3.86. The first-order valence-electron chi connectivity index (χ1n) is 12.6. The van der Waals surface area contributed by atoms with Crippen LogP contribution >= 0.6 is 0 Å². The van der Waals surface area contributed by atoms with Crippen molar-refractivity contribution in [3.8, 4) is 11.5 Å². The van der Waals surface area contributed by atoms with Crippen LogP contribution in [0.15, 0.2) is 42.1 Å². The number of rotatable bonds is 9. The second-order valence-corrected chi connectivity index (χ2v) is 9.45. The highest BCUT2D eigenvalue weighted by Gasteiger charge is 2.27. The van der Waals surface area contributed by atoms with Crippen LogP contribution in [0.1, 0.15) is 68.7 Å². The Balaban J connectivity index is 1.47. The number of nitro groups is 1. The summed E-state index contributed by atoms with van der Waals surface area (Å²) in [5.74, 6) is 7.25. The van der Waals surface area contributed by atoms with E-state index in [2.05, 4.69) is 0 Å². The van der Waals surface area contributed by atoms with Gasteiger partial charge in [0.05, 0.1) is 33.8 Å². The van der Waals surface area contributed by atoms with Crippen LogP contribution in [0.2, 0.25) is 0 Å². The van der Waals surface area contributed by atoms with E-state index >= 15 is 0 Å². The summed E-state index contributed by atoms with van der Waals surface area (Å²) in [4.78, 5) is 27.3. The Bertz CT molecular complexity index is 1140. The average Bonchev–Trinajstić information content (AvgIpc) is 2.84. The number of carbonyl (C=O) groups excluding carboxylic acids is 1. The zero-order valence-corrected chi connectivity index (χ0v) is 20.9. The number of nitrogens with two attached hydrogens (primary N) is 2. The molecule has 2 aliphatic carbocycles. The van der Waals surface area contributed by atoms with Crippen LogP contribution in [-0.2, 0) is 4.74 Å². The molecule has 0 bridgehead atoms. The van der Waals surface area contributed by atoms with Gasteiger partial charge in [-0.25, -0.2) is 15.6 Å². The molecule has 0 atom stereocenters. The summed E-state index contributed by atoms with van der Waals surface area (Å²) < 4.78 is 16.7. The molecule has 4 rings (SSSR count). The van der Waals surface area contributed by atoms with Gasteiger partial charge in [-0.2, -0.15) is 0 Å². The summed E-state index contributed by atoms with van der Waals surface area (Å²) in [6.45, 7) is -0.259. The summed E-state index contributed by atoms with van der Waals surface area (Å²) in [6.07, 6.45) is 8.23. The molecular formula is C26H33N5O6. The van der Waals surface area contributed by atoms with Gasteiger partial charge in [0.2, 0.25) is 0 Å². The highest BCUT2D eigenvalue weighted by molar-refractivity contribution is 5.66. The van der Waals surface area contributed by atoms with Gasteiger partial charge in [-0.05, 0) is 62.8 Å². The number of ether oxygens (including phenoxy) is 3. The van der Waals surface area contributed by atoms with Crippen LogP contribution in [0.3, 0.4) is 0 Å². The molecule has 1 heterocycles. The average molecular weight is 512 g/mol. The number of pyridine rings is 1. The van der Waals surface area contributed by atoms with E-state index in [1.54, 1.807) is 13.1 Å². The van der Waals surface area contributed by atoms with Crippen molar-refractivity contribution >= 4 is 17.5 Å². The molecule has 0 spiro atoms. The lowest BCUT2D eigenvalue weighted by atomic mass is 9.82. The van der Waals surface area contributed by atoms with Gasteiger partial charge in [0, 0.05) is 25.1 Å². The van der Waals surface area contributed by atoms with Gasteiger partial charge in [0.15, 0.2) is 0 Å². The van der Waals surface area contributed by atoms with Gasteiger partial charge in [0.1, 0.15) is 18.1 Å². The first kappa shape index (κ1) is 26.2. The number of hydrogen-bond acceptors (Lipinski definition) is 10. The van der Waals surface area contributed by atoms with E-state index in [9.17, 15) is 14.9 Å². The molecule has 4 N–H and O–H groups in total. The third-order valence-corrected chi connectivity index (χ3v) is 6.81. The van der Waals surface area contributed by atoms with E-state index in [-0.39, 0.29) is 29.8 Å². The lowest BCUT2D eigenvalue weighted by Gasteiger charge is -2.30. The van der Waals surface area contributed by atoms with Crippen molar-refractivity contribution < 1.29 is 23.9 Å². The molecule has 2 fully saturated rings. The minimum absolute atomic E-state index is 0.107. The lowest BCUT2D eigenvalue weighted by Crippen LogP contribution is -2.31. The number of nitro benzene ring substituents is 1. The molecule has 0 radical (unpaired) electrons. The van der Waals surface area contributed by atoms with Gasteiger partial charge in [0.25, 0.3) is 5.69 Å². The normalized spacial score (nSPS) is 16.8. The van der Waals surface area contributed by atoms with Crippen LogP contribution < -0.4 is 21.1 Å². The van der Waals surface area contributed by atoms with E-state index in [4.69, 9.17) is 30.8 Å². The van der Waals surface area contributed by atoms with Crippen LogP contribution in [0, 0.1) is 10.1 Å². The maximum atomic E-state index is 12.2. The fraction of sp³-hybridized carbons (Fsp3) is 0.462. The van der Waals surface area contributed by atoms with Gasteiger partial charge >= 0.3 is 6.16 Å². The fourth-order valence-corrected chi connectivity index (χ4v) is 4.45. The monoisotopic (exact) mass is 511 g/mol. The first-order chi connectivity index (χ1) is 17.8. The summed E-state index contributed by atoms with van der Waals surface area (Å²) >= 11 is 0. The van der Waals surface area contributed by atoms with Crippen molar-refractivity contribution in [2.75, 3.05) is 13.7 Å². The van der Waals surface area contributed by atoms with Crippen molar-refractivity contribution in [3.05, 3.63) is 63.6 Å². The van der Waals surface area contributed by atoms with Crippen molar-refractivity contribution in [3.63, 3.8) is 0 Å². The molecule has 2 aromatic rings. The molecule has 0 aliphatic heterocycles. The number of hydrogen-bond donors (Lipinski definition) is 2. The molecular weight excluding hydrogens is 478 g/mol. The fourth-order valence-electron chi connectivity index (χ4n) is 4.45. The molecule has 1 aromatic carbocycles. The highest BCUT2D eigenvalue weighted by Crippen LogP contribution is 2.41. The van der Waals surface area contributed by atoms with E-state index in [1.807, 2.05) is 6.07 Å². The van der Waals surface area contributed by atoms with Gasteiger partial charge in [-0.15, -0.1) is 0 Å². The molecule has 11 heteroatoms. The molecule has 0 amide bonds. The number of carbonyl (C=O) groups is 1. The Kier molecular flexibility index (Phi) is 8.44. The third-order valence-electron chi connectivity index (χ3n) is 6.81. The molecule has 0 unspecified atom stereocenters. The minimum Gasteiger partial charge on any atom is -0.489 e. The van der Waals surface area contributed by atoms with E-state index in [1.165, 1.54) is 48.5 Å². The van der Waals surface area contributed by atoms with Crippen molar-refractivity contribution in [2.24, 2.45) is 11.6 Å². The Morgan fingerprint density at radius 1 is 1.08 bits per heavy atom. The largest absolute Gasteiger partial charge is 0.514 e. The maximum absolute atomic E-state index is 12.2. The van der Waals surface area contributed by atoms with Crippen LogP contribution in [-0.4, -0.2) is 40.8 Å². The molecule has 1 aromatic heterocycles. The zero-order valence-electron chi connectivity index (χ0n) is 20.9. The van der Waals surface area contributed by atoms with Crippen molar-refractivity contribution in [2.45, 2.75) is 63.4 Å². The molecule has 198 valence electrons. The number of non-ortho nitro benzene ring substituents is 1. The highest BCUT2D eigenvalue weighted by atomic mass is 16.7. The zero-order chi connectivity index (χ0) is 26.4. The van der Waals surface area contributed by atoms with Gasteiger partial charge in [-0.1, -0.05) is 12.8 Å². The van der Waals surface area contributed by atoms with E-state index in [0.29, 0.717) is 17.3 Å². The Morgan fingerprint density at radius 3 is 2.38 bits per heavy atom. The van der Waals surface area contributed by atoms with Gasteiger partial charge < -0.3 is 25.0 Å². The topological polar surface area (TPSA) is 156 Å². The van der Waals surface area contributed by atoms with Crippen LogP contribution in [0.25, 0.3) is 5.70 Å². The molecule has 0 saturated heterocycles. The summed E-state index contributed by atoms with van der Waals surface area (Å²) in [5, 5.41) is 12.0. The number of hydrazine groups is 1. The SMILES string of the molecule is CN(N)/C(COC(=O)Oc1ccc([N+](=O)[O-])cc1)=C(\N)c1ccc(OC2CCCCC2)c(C2CCC2)n1. The second-order valence-electron chi connectivity index (χ2n) is 9.45. The maximum Gasteiger partial charge on any atom is 0.514 e. The number of benzene rings is 1. The minimum atomic E-state index is -1.000. The smallest absolute Gasteiger partial charge is 0.489 e. The van der Waals surface area contributed by atoms with Crippen LogP contribution in [0.5, 0.6) is 11.5 Å². The van der Waals surface area contributed by atoms with Crippen molar-refractivity contribution in [1.82, 2.24) is 9.99 Å². The lowest BCUT2D eigenvalue weighted by molar-refractivity contribution is -0.384. The standard InChI is InChI=1S/C26H33N5O6/c1-30(28)22(16-35-26(32)37-20-12-10-18(11-13-20)31(33)34)24(27)21-14-15-23(25(29-21)17-6-5-7-17)36-19-8-3-2-4-9-19/h10-15,17,19H,2-9,16,27-28H2,1H3/b24-22-. The van der Waals surface area contributed by atoms with Crippen molar-refractivity contribution in [1.29, 1.82) is 0 Å².